The number of rotatable bonds is 5. The summed E-state index contributed by atoms with van der Waals surface area (Å²) in [5, 5.41) is 14.0. The first-order chi connectivity index (χ1) is 8.13. The van der Waals surface area contributed by atoms with Crippen LogP contribution in [0.5, 0.6) is 0 Å². The molecule has 0 unspecified atom stereocenters. The number of nitriles is 1. The van der Waals surface area contributed by atoms with Crippen molar-refractivity contribution in [1.29, 1.82) is 5.26 Å². The third kappa shape index (κ3) is 5.37. The fourth-order valence-electron chi connectivity index (χ4n) is 1.13. The van der Waals surface area contributed by atoms with Crippen molar-refractivity contribution < 1.29 is 4.79 Å². The van der Waals surface area contributed by atoms with Crippen molar-refractivity contribution in [2.24, 2.45) is 0 Å². The molecule has 0 atom stereocenters. The Morgan fingerprint density at radius 2 is 2.29 bits per heavy atom. The number of hydrogen-bond donors (Lipinski definition) is 2. The van der Waals surface area contributed by atoms with Gasteiger partial charge in [0.05, 0.1) is 19.0 Å². The Kier molecular flexibility index (Phi) is 6.29. The van der Waals surface area contributed by atoms with Crippen LogP contribution in [0.2, 0.25) is 0 Å². The van der Waals surface area contributed by atoms with Crippen LogP contribution in [0.25, 0.3) is 0 Å². The second kappa shape index (κ2) is 7.50. The molecule has 90 valence electrons. The first kappa shape index (κ1) is 14.3. The van der Waals surface area contributed by atoms with Gasteiger partial charge in [-0.2, -0.15) is 5.26 Å². The Morgan fingerprint density at radius 3 is 3.00 bits per heavy atom. The van der Waals surface area contributed by atoms with Crippen molar-refractivity contribution >= 4 is 50.1 Å². The van der Waals surface area contributed by atoms with E-state index in [1.807, 2.05) is 24.3 Å². The Hall–Kier alpha value is -0.810. The van der Waals surface area contributed by atoms with Gasteiger partial charge in [-0.1, -0.05) is 0 Å². The molecule has 0 saturated carbocycles. The molecule has 6 heteroatoms. The smallest absolute Gasteiger partial charge is 0.239 e. The second-order valence-electron chi connectivity index (χ2n) is 3.24. The van der Waals surface area contributed by atoms with E-state index in [1.165, 1.54) is 0 Å². The maximum absolute atomic E-state index is 11.4. The van der Waals surface area contributed by atoms with Crippen LogP contribution in [0.3, 0.4) is 0 Å². The lowest BCUT2D eigenvalue weighted by Crippen LogP contribution is -2.30. The average molecular weight is 408 g/mol. The fraction of sp³-hybridized carbons (Fsp3) is 0.273. The summed E-state index contributed by atoms with van der Waals surface area (Å²) in [6.07, 6.45) is 0.332. The number of halogens is 2. The Morgan fingerprint density at radius 1 is 1.53 bits per heavy atom. The molecule has 0 radical (unpaired) electrons. The number of carbonyl (C=O) groups excluding carboxylic acids is 1. The molecule has 0 fully saturated rings. The van der Waals surface area contributed by atoms with E-state index in [-0.39, 0.29) is 12.5 Å². The summed E-state index contributed by atoms with van der Waals surface area (Å²) in [4.78, 5) is 11.4. The van der Waals surface area contributed by atoms with Crippen molar-refractivity contribution in [3.05, 3.63) is 26.2 Å². The summed E-state index contributed by atoms with van der Waals surface area (Å²) < 4.78 is 2.01. The number of amides is 1. The van der Waals surface area contributed by atoms with E-state index >= 15 is 0 Å². The number of anilines is 1. The standard InChI is InChI=1S/C11H11BrIN3O/c12-9-3-2-8(13)6-10(9)16-7-11(17)15-5-1-4-14/h2-3,6,16H,1,5,7H2,(H,15,17). The van der Waals surface area contributed by atoms with E-state index in [4.69, 9.17) is 5.26 Å². The van der Waals surface area contributed by atoms with Crippen molar-refractivity contribution in [1.82, 2.24) is 5.32 Å². The van der Waals surface area contributed by atoms with Crippen molar-refractivity contribution in [3.63, 3.8) is 0 Å². The maximum Gasteiger partial charge on any atom is 0.239 e. The van der Waals surface area contributed by atoms with E-state index in [2.05, 4.69) is 49.2 Å². The summed E-state index contributed by atoms with van der Waals surface area (Å²) in [5.74, 6) is -0.119. The van der Waals surface area contributed by atoms with Gasteiger partial charge < -0.3 is 10.6 Å². The number of hydrogen-bond acceptors (Lipinski definition) is 3. The molecule has 4 nitrogen and oxygen atoms in total. The van der Waals surface area contributed by atoms with E-state index < -0.39 is 0 Å². The molecule has 1 rings (SSSR count). The van der Waals surface area contributed by atoms with Crippen LogP contribution < -0.4 is 10.6 Å². The highest BCUT2D eigenvalue weighted by atomic mass is 127. The second-order valence-corrected chi connectivity index (χ2v) is 5.34. The lowest BCUT2D eigenvalue weighted by molar-refractivity contribution is -0.119. The van der Waals surface area contributed by atoms with Gasteiger partial charge >= 0.3 is 0 Å². The van der Waals surface area contributed by atoms with Crippen molar-refractivity contribution in [3.8, 4) is 6.07 Å². The molecule has 1 aromatic carbocycles. The molecule has 0 aliphatic carbocycles. The predicted molar refractivity (Wildman–Crippen MR) is 78.6 cm³/mol. The SMILES string of the molecule is N#CCCNC(=O)CNc1cc(I)ccc1Br. The average Bonchev–Trinajstić information content (AvgIpc) is 2.31. The molecule has 0 heterocycles. The van der Waals surface area contributed by atoms with Gasteiger partial charge in [-0.05, 0) is 56.7 Å². The molecule has 1 aromatic rings. The largest absolute Gasteiger partial charge is 0.375 e. The zero-order chi connectivity index (χ0) is 12.7. The number of benzene rings is 1. The molecule has 1 amide bonds. The maximum atomic E-state index is 11.4. The Balaban J connectivity index is 2.42. The van der Waals surface area contributed by atoms with E-state index in [9.17, 15) is 4.79 Å². The minimum atomic E-state index is -0.119. The van der Waals surface area contributed by atoms with Gasteiger partial charge in [-0.3, -0.25) is 4.79 Å². The fourth-order valence-corrected chi connectivity index (χ4v) is 2.01. The molecule has 0 aliphatic rings. The summed E-state index contributed by atoms with van der Waals surface area (Å²) in [7, 11) is 0. The topological polar surface area (TPSA) is 64.9 Å². The minimum absolute atomic E-state index is 0.119. The quantitative estimate of drug-likeness (QED) is 0.582. The highest BCUT2D eigenvalue weighted by Gasteiger charge is 2.03. The third-order valence-corrected chi connectivity index (χ3v) is 3.29. The van der Waals surface area contributed by atoms with Gasteiger partial charge in [0.1, 0.15) is 0 Å². The summed E-state index contributed by atoms with van der Waals surface area (Å²) in [6, 6.07) is 7.82. The molecule has 0 saturated heterocycles. The molecule has 0 aliphatic heterocycles. The van der Waals surface area contributed by atoms with Gasteiger partial charge in [-0.15, -0.1) is 0 Å². The van der Waals surface area contributed by atoms with E-state index in [0.29, 0.717) is 13.0 Å². The minimum Gasteiger partial charge on any atom is -0.375 e. The van der Waals surface area contributed by atoms with Crippen LogP contribution in [0.15, 0.2) is 22.7 Å². The van der Waals surface area contributed by atoms with Gasteiger partial charge in [0.15, 0.2) is 0 Å². The van der Waals surface area contributed by atoms with Crippen LogP contribution in [0.1, 0.15) is 6.42 Å². The molecule has 2 N–H and O–H groups in total. The molecular formula is C11H11BrIN3O. The van der Waals surface area contributed by atoms with Gasteiger partial charge in [0, 0.05) is 20.3 Å². The van der Waals surface area contributed by atoms with Crippen LogP contribution in [0, 0.1) is 14.9 Å². The number of carbonyl (C=O) groups is 1. The van der Waals surface area contributed by atoms with Gasteiger partial charge in [0.25, 0.3) is 0 Å². The Labute approximate surface area is 122 Å². The highest BCUT2D eigenvalue weighted by Crippen LogP contribution is 2.23. The molecule has 17 heavy (non-hydrogen) atoms. The van der Waals surface area contributed by atoms with Crippen LogP contribution in [-0.2, 0) is 4.79 Å². The van der Waals surface area contributed by atoms with Crippen LogP contribution in [0.4, 0.5) is 5.69 Å². The number of nitrogens with zero attached hydrogens (tertiary/aromatic N) is 1. The van der Waals surface area contributed by atoms with Gasteiger partial charge in [0.2, 0.25) is 5.91 Å². The first-order valence-electron chi connectivity index (χ1n) is 4.96. The predicted octanol–water partition coefficient (Wildman–Crippen LogP) is 2.50. The normalized spacial score (nSPS) is 9.47. The zero-order valence-electron chi connectivity index (χ0n) is 8.96. The lowest BCUT2D eigenvalue weighted by atomic mass is 10.3. The van der Waals surface area contributed by atoms with E-state index in [1.54, 1.807) is 0 Å². The van der Waals surface area contributed by atoms with Crippen LogP contribution >= 0.6 is 38.5 Å². The zero-order valence-corrected chi connectivity index (χ0v) is 12.7. The van der Waals surface area contributed by atoms with Crippen molar-refractivity contribution in [2.75, 3.05) is 18.4 Å². The molecular weight excluding hydrogens is 397 g/mol. The highest BCUT2D eigenvalue weighted by molar-refractivity contribution is 14.1. The molecule has 0 bridgehead atoms. The summed E-state index contributed by atoms with van der Waals surface area (Å²) >= 11 is 5.61. The monoisotopic (exact) mass is 407 g/mol. The number of nitrogens with one attached hydrogen (secondary N) is 2. The molecule has 0 spiro atoms. The first-order valence-corrected chi connectivity index (χ1v) is 6.83. The Bertz CT molecular complexity index is 445. The summed E-state index contributed by atoms with van der Waals surface area (Å²) in [5.41, 5.74) is 0.882. The third-order valence-electron chi connectivity index (χ3n) is 1.93. The van der Waals surface area contributed by atoms with Gasteiger partial charge in [-0.25, -0.2) is 0 Å². The van der Waals surface area contributed by atoms with Crippen LogP contribution in [-0.4, -0.2) is 19.0 Å². The van der Waals surface area contributed by atoms with E-state index in [0.717, 1.165) is 13.7 Å². The lowest BCUT2D eigenvalue weighted by Gasteiger charge is -2.09. The molecule has 0 aromatic heterocycles. The van der Waals surface area contributed by atoms with Crippen molar-refractivity contribution in [2.45, 2.75) is 6.42 Å². The summed E-state index contributed by atoms with van der Waals surface area (Å²) in [6.45, 7) is 0.592.